The molecule has 0 spiro atoms. The lowest BCUT2D eigenvalue weighted by atomic mass is 10.2. The maximum absolute atomic E-state index is 5.26. The topological polar surface area (TPSA) is 24.5 Å². The summed E-state index contributed by atoms with van der Waals surface area (Å²) in [6, 6.07) is 11.0. The molecular formula is C15H26N2O. The summed E-state index contributed by atoms with van der Waals surface area (Å²) in [5.74, 6) is 0. The quantitative estimate of drug-likeness (QED) is 0.726. The molecule has 1 N–H and O–H groups in total. The molecule has 1 atom stereocenters. The number of rotatable bonds is 9. The van der Waals surface area contributed by atoms with Crippen LogP contribution in [0.25, 0.3) is 0 Å². The number of benzene rings is 1. The normalized spacial score (nSPS) is 12.9. The number of nitrogens with one attached hydrogen (secondary N) is 1. The van der Waals surface area contributed by atoms with E-state index in [9.17, 15) is 0 Å². The zero-order valence-electron chi connectivity index (χ0n) is 11.9. The molecule has 1 unspecified atom stereocenters. The summed E-state index contributed by atoms with van der Waals surface area (Å²) in [5, 5.41) is 3.52. The van der Waals surface area contributed by atoms with E-state index in [2.05, 4.69) is 54.5 Å². The zero-order chi connectivity index (χ0) is 13.2. The molecule has 0 amide bonds. The highest BCUT2D eigenvalue weighted by Gasteiger charge is 2.10. The molecule has 0 bridgehead atoms. The third-order valence-corrected chi connectivity index (χ3v) is 2.88. The van der Waals surface area contributed by atoms with Crippen LogP contribution in [0.1, 0.15) is 18.9 Å². The van der Waals surface area contributed by atoms with Gasteiger partial charge in [0.15, 0.2) is 0 Å². The highest BCUT2D eigenvalue weighted by Crippen LogP contribution is 2.03. The van der Waals surface area contributed by atoms with Crippen molar-refractivity contribution in [2.45, 2.75) is 25.9 Å². The van der Waals surface area contributed by atoms with Crippen LogP contribution in [0, 0.1) is 0 Å². The molecule has 0 heterocycles. The molecule has 3 nitrogen and oxygen atoms in total. The second-order valence-electron chi connectivity index (χ2n) is 4.79. The molecule has 3 heteroatoms. The van der Waals surface area contributed by atoms with Gasteiger partial charge in [0.1, 0.15) is 0 Å². The molecule has 0 saturated carbocycles. The SMILES string of the molecule is CCCNC(COC)CN(C)Cc1ccccc1. The number of hydrogen-bond acceptors (Lipinski definition) is 3. The molecule has 0 radical (unpaired) electrons. The zero-order valence-corrected chi connectivity index (χ0v) is 11.9. The minimum Gasteiger partial charge on any atom is -0.383 e. The van der Waals surface area contributed by atoms with E-state index in [4.69, 9.17) is 4.74 Å². The highest BCUT2D eigenvalue weighted by molar-refractivity contribution is 5.14. The second kappa shape index (κ2) is 9.09. The second-order valence-corrected chi connectivity index (χ2v) is 4.79. The Bertz CT molecular complexity index is 303. The van der Waals surface area contributed by atoms with Gasteiger partial charge in [-0.3, -0.25) is 0 Å². The maximum Gasteiger partial charge on any atom is 0.0628 e. The van der Waals surface area contributed by atoms with Gasteiger partial charge in [-0.05, 0) is 25.6 Å². The number of ether oxygens (including phenoxy) is 1. The lowest BCUT2D eigenvalue weighted by molar-refractivity contribution is 0.144. The van der Waals surface area contributed by atoms with Gasteiger partial charge >= 0.3 is 0 Å². The highest BCUT2D eigenvalue weighted by atomic mass is 16.5. The van der Waals surface area contributed by atoms with Gasteiger partial charge in [0.2, 0.25) is 0 Å². The number of likely N-dealkylation sites (N-methyl/N-ethyl adjacent to an activating group) is 1. The molecule has 0 aromatic heterocycles. The van der Waals surface area contributed by atoms with E-state index in [-0.39, 0.29) is 0 Å². The summed E-state index contributed by atoms with van der Waals surface area (Å²) in [5.41, 5.74) is 1.35. The summed E-state index contributed by atoms with van der Waals surface area (Å²) in [4.78, 5) is 2.34. The van der Waals surface area contributed by atoms with Crippen LogP contribution in [0.15, 0.2) is 30.3 Å². The Hall–Kier alpha value is -0.900. The van der Waals surface area contributed by atoms with Crippen LogP contribution in [-0.2, 0) is 11.3 Å². The van der Waals surface area contributed by atoms with Crippen LogP contribution in [0.4, 0.5) is 0 Å². The fourth-order valence-electron chi connectivity index (χ4n) is 2.06. The Labute approximate surface area is 111 Å². The Morgan fingerprint density at radius 2 is 2.00 bits per heavy atom. The predicted octanol–water partition coefficient (Wildman–Crippen LogP) is 2.13. The van der Waals surface area contributed by atoms with E-state index < -0.39 is 0 Å². The van der Waals surface area contributed by atoms with Crippen molar-refractivity contribution in [3.05, 3.63) is 35.9 Å². The van der Waals surface area contributed by atoms with E-state index in [1.54, 1.807) is 7.11 Å². The molecule has 0 aliphatic rings. The first kappa shape index (κ1) is 15.2. The summed E-state index contributed by atoms with van der Waals surface area (Å²) in [7, 11) is 3.92. The average molecular weight is 250 g/mol. The van der Waals surface area contributed by atoms with Crippen molar-refractivity contribution in [3.8, 4) is 0 Å². The third kappa shape index (κ3) is 6.15. The first-order valence-electron chi connectivity index (χ1n) is 6.71. The van der Waals surface area contributed by atoms with Crippen molar-refractivity contribution in [2.24, 2.45) is 0 Å². The molecule has 1 rings (SSSR count). The third-order valence-electron chi connectivity index (χ3n) is 2.88. The van der Waals surface area contributed by atoms with E-state index in [0.717, 1.165) is 32.7 Å². The Morgan fingerprint density at radius 3 is 2.61 bits per heavy atom. The van der Waals surface area contributed by atoms with Gasteiger partial charge in [0.25, 0.3) is 0 Å². The Morgan fingerprint density at radius 1 is 1.28 bits per heavy atom. The first-order chi connectivity index (χ1) is 8.76. The van der Waals surface area contributed by atoms with Crippen molar-refractivity contribution in [1.82, 2.24) is 10.2 Å². The maximum atomic E-state index is 5.26. The summed E-state index contributed by atoms with van der Waals surface area (Å²) in [6.07, 6.45) is 1.16. The van der Waals surface area contributed by atoms with E-state index >= 15 is 0 Å². The fourth-order valence-corrected chi connectivity index (χ4v) is 2.06. The molecule has 0 fully saturated rings. The molecule has 1 aromatic rings. The summed E-state index contributed by atoms with van der Waals surface area (Å²) >= 11 is 0. The molecule has 0 aliphatic carbocycles. The van der Waals surface area contributed by atoms with Crippen LogP contribution < -0.4 is 5.32 Å². The van der Waals surface area contributed by atoms with E-state index in [0.29, 0.717) is 6.04 Å². The van der Waals surface area contributed by atoms with Gasteiger partial charge in [0.05, 0.1) is 6.61 Å². The van der Waals surface area contributed by atoms with Crippen molar-refractivity contribution in [2.75, 3.05) is 33.9 Å². The van der Waals surface area contributed by atoms with Crippen molar-refractivity contribution in [3.63, 3.8) is 0 Å². The molecule has 0 saturated heterocycles. The number of nitrogens with zero attached hydrogens (tertiary/aromatic N) is 1. The average Bonchev–Trinajstić information content (AvgIpc) is 2.37. The fraction of sp³-hybridized carbons (Fsp3) is 0.600. The summed E-state index contributed by atoms with van der Waals surface area (Å²) in [6.45, 7) is 5.98. The van der Waals surface area contributed by atoms with Crippen LogP contribution in [0.3, 0.4) is 0 Å². The molecule has 18 heavy (non-hydrogen) atoms. The van der Waals surface area contributed by atoms with Gasteiger partial charge in [-0.1, -0.05) is 37.3 Å². The summed E-state index contributed by atoms with van der Waals surface area (Å²) < 4.78 is 5.26. The van der Waals surface area contributed by atoms with Crippen molar-refractivity contribution < 1.29 is 4.74 Å². The molecule has 0 aliphatic heterocycles. The number of hydrogen-bond donors (Lipinski definition) is 1. The van der Waals surface area contributed by atoms with Gasteiger partial charge in [-0.2, -0.15) is 0 Å². The Balaban J connectivity index is 2.37. The van der Waals surface area contributed by atoms with Crippen molar-refractivity contribution in [1.29, 1.82) is 0 Å². The van der Waals surface area contributed by atoms with Crippen LogP contribution in [0.2, 0.25) is 0 Å². The van der Waals surface area contributed by atoms with Gasteiger partial charge < -0.3 is 15.0 Å². The predicted molar refractivity (Wildman–Crippen MR) is 76.7 cm³/mol. The molecular weight excluding hydrogens is 224 g/mol. The van der Waals surface area contributed by atoms with E-state index in [1.165, 1.54) is 5.56 Å². The van der Waals surface area contributed by atoms with Crippen molar-refractivity contribution >= 4 is 0 Å². The Kier molecular flexibility index (Phi) is 7.65. The standard InChI is InChI=1S/C15H26N2O/c1-4-10-16-15(13-18-3)12-17(2)11-14-8-6-5-7-9-14/h5-9,15-16H,4,10-13H2,1-3H3. The van der Waals surface area contributed by atoms with Gasteiger partial charge in [-0.25, -0.2) is 0 Å². The monoisotopic (exact) mass is 250 g/mol. The lowest BCUT2D eigenvalue weighted by Gasteiger charge is -2.24. The lowest BCUT2D eigenvalue weighted by Crippen LogP contribution is -2.42. The smallest absolute Gasteiger partial charge is 0.0628 e. The molecule has 102 valence electrons. The van der Waals surface area contributed by atoms with E-state index in [1.807, 2.05) is 0 Å². The van der Waals surface area contributed by atoms with Gasteiger partial charge in [-0.15, -0.1) is 0 Å². The largest absolute Gasteiger partial charge is 0.383 e. The van der Waals surface area contributed by atoms with Gasteiger partial charge in [0, 0.05) is 26.2 Å². The number of methoxy groups -OCH3 is 1. The van der Waals surface area contributed by atoms with Crippen LogP contribution >= 0.6 is 0 Å². The molecule has 1 aromatic carbocycles. The van der Waals surface area contributed by atoms with Crippen LogP contribution in [0.5, 0.6) is 0 Å². The van der Waals surface area contributed by atoms with Crippen LogP contribution in [-0.4, -0.2) is 44.8 Å². The minimum atomic E-state index is 0.406. The minimum absolute atomic E-state index is 0.406. The first-order valence-corrected chi connectivity index (χ1v) is 6.71.